The number of hydrogen-bond acceptors (Lipinski definition) is 7. The number of benzene rings is 2. The van der Waals surface area contributed by atoms with Crippen molar-refractivity contribution in [3.05, 3.63) is 67.5 Å². The van der Waals surface area contributed by atoms with E-state index in [0.29, 0.717) is 41.7 Å². The van der Waals surface area contributed by atoms with Crippen molar-refractivity contribution in [3.63, 3.8) is 0 Å². The van der Waals surface area contributed by atoms with Crippen LogP contribution in [0.2, 0.25) is 0 Å². The molecule has 43 heavy (non-hydrogen) atoms. The van der Waals surface area contributed by atoms with Crippen LogP contribution in [0, 0.1) is 0 Å². The first kappa shape index (κ1) is 29.4. The number of para-hydroxylation sites is 1. The lowest BCUT2D eigenvalue weighted by Crippen LogP contribution is -2.55. The third-order valence-corrected chi connectivity index (χ3v) is 7.48. The maximum atomic E-state index is 12.4. The highest BCUT2D eigenvalue weighted by molar-refractivity contribution is 6.00. The fourth-order valence-corrected chi connectivity index (χ4v) is 5.45. The number of hydrogen-bond donors (Lipinski definition) is 3. The number of nitrogens with zero attached hydrogens (tertiary/aromatic N) is 4. The summed E-state index contributed by atoms with van der Waals surface area (Å²) in [5, 5.41) is 17.0. The second-order valence-electron chi connectivity index (χ2n) is 11.6. The maximum Gasteiger partial charge on any atom is 0.408 e. The lowest BCUT2D eigenvalue weighted by atomic mass is 10.0. The van der Waals surface area contributed by atoms with Crippen LogP contribution in [0.3, 0.4) is 0 Å². The number of ether oxygens (including phenoxy) is 2. The van der Waals surface area contributed by atoms with Gasteiger partial charge in [0.05, 0.1) is 29.7 Å². The summed E-state index contributed by atoms with van der Waals surface area (Å²) in [6.07, 6.45) is 5.21. The van der Waals surface area contributed by atoms with Crippen LogP contribution >= 0.6 is 0 Å². The molecule has 0 radical (unpaired) electrons. The zero-order valence-electron chi connectivity index (χ0n) is 25.0. The van der Waals surface area contributed by atoms with E-state index in [2.05, 4.69) is 38.9 Å². The van der Waals surface area contributed by atoms with E-state index in [9.17, 15) is 14.7 Å². The van der Waals surface area contributed by atoms with Gasteiger partial charge < -0.3 is 29.8 Å². The van der Waals surface area contributed by atoms with Crippen molar-refractivity contribution < 1.29 is 24.2 Å². The quantitative estimate of drug-likeness (QED) is 0.188. The molecule has 1 fully saturated rings. The Kier molecular flexibility index (Phi) is 7.74. The van der Waals surface area contributed by atoms with Gasteiger partial charge in [-0.3, -0.25) is 9.69 Å². The van der Waals surface area contributed by atoms with Crippen LogP contribution in [0.15, 0.2) is 67.5 Å². The molecule has 2 aromatic carbocycles. The van der Waals surface area contributed by atoms with Crippen molar-refractivity contribution in [2.75, 3.05) is 24.4 Å². The van der Waals surface area contributed by atoms with Crippen molar-refractivity contribution in [3.8, 4) is 22.8 Å². The molecule has 0 atom stereocenters. The molecule has 4 aromatic rings. The van der Waals surface area contributed by atoms with Gasteiger partial charge in [0.2, 0.25) is 11.9 Å². The van der Waals surface area contributed by atoms with Crippen LogP contribution in [0.25, 0.3) is 22.2 Å². The number of aromatic nitrogens is 3. The molecule has 1 aliphatic rings. The number of fused-ring (bicyclic) bond motifs is 1. The first-order valence-corrected chi connectivity index (χ1v) is 13.9. The molecule has 1 aliphatic carbocycles. The summed E-state index contributed by atoms with van der Waals surface area (Å²) in [6.45, 7) is 9.24. The fourth-order valence-electron chi connectivity index (χ4n) is 5.45. The predicted molar refractivity (Wildman–Crippen MR) is 166 cm³/mol. The molecule has 0 spiro atoms. The smallest absolute Gasteiger partial charge is 0.408 e. The van der Waals surface area contributed by atoms with Crippen molar-refractivity contribution in [1.82, 2.24) is 19.4 Å². The summed E-state index contributed by atoms with van der Waals surface area (Å²) in [5.74, 6) is 0.644. The highest BCUT2D eigenvalue weighted by Crippen LogP contribution is 2.47. The zero-order chi connectivity index (χ0) is 30.9. The van der Waals surface area contributed by atoms with Crippen LogP contribution in [0.5, 0.6) is 11.5 Å². The minimum absolute atomic E-state index is 0.111. The van der Waals surface area contributed by atoms with E-state index >= 15 is 0 Å². The van der Waals surface area contributed by atoms with E-state index in [1.54, 1.807) is 18.3 Å². The van der Waals surface area contributed by atoms with Gasteiger partial charge in [0.15, 0.2) is 0 Å². The summed E-state index contributed by atoms with van der Waals surface area (Å²) < 4.78 is 13.9. The lowest BCUT2D eigenvalue weighted by Gasteiger charge is -2.40. The summed E-state index contributed by atoms with van der Waals surface area (Å²) in [7, 11) is 3.51. The van der Waals surface area contributed by atoms with Gasteiger partial charge in [-0.05, 0) is 57.9 Å². The molecule has 224 valence electrons. The first-order chi connectivity index (χ1) is 20.5. The Balaban J connectivity index is 1.46. The Morgan fingerprint density at radius 2 is 1.91 bits per heavy atom. The number of carbonyl (C=O) groups is 2. The molecule has 11 nitrogen and oxygen atoms in total. The lowest BCUT2D eigenvalue weighted by molar-refractivity contribution is -0.111. The van der Waals surface area contributed by atoms with E-state index < -0.39 is 23.1 Å². The average Bonchev–Trinajstić information content (AvgIpc) is 3.65. The molecule has 2 amide bonds. The first-order valence-electron chi connectivity index (χ1n) is 13.9. The molecule has 2 aromatic heterocycles. The van der Waals surface area contributed by atoms with Crippen LogP contribution in [-0.2, 0) is 11.8 Å². The van der Waals surface area contributed by atoms with E-state index in [-0.39, 0.29) is 6.61 Å². The Bertz CT molecular complexity index is 1700. The Hall–Kier alpha value is -5.06. The monoisotopic (exact) mass is 584 g/mol. The van der Waals surface area contributed by atoms with Crippen LogP contribution in [0.1, 0.15) is 33.6 Å². The number of methoxy groups -OCH3 is 1. The van der Waals surface area contributed by atoms with Crippen LogP contribution in [-0.4, -0.2) is 61.3 Å². The standard InChI is InChI=1S/C32H36N6O5/c1-7-28(39)34-24-16-23(26(42-6)17-27(24)43-19-32(13-14-32)38(30(40)41)31(2,3)4)36-29-33-15-12-22(35-29)21-18-37(5)25-11-9-8-10-20(21)25/h7-12,15-18H,1,13-14,19H2,2-6H3,(H,34,39)(H,40,41)(H,33,35,36). The third kappa shape index (κ3) is 5.97. The summed E-state index contributed by atoms with van der Waals surface area (Å²) in [6, 6.07) is 13.3. The van der Waals surface area contributed by atoms with Gasteiger partial charge in [-0.15, -0.1) is 0 Å². The molecule has 0 bridgehead atoms. The van der Waals surface area contributed by atoms with E-state index in [4.69, 9.17) is 14.5 Å². The summed E-state index contributed by atoms with van der Waals surface area (Å²) in [4.78, 5) is 35.1. The largest absolute Gasteiger partial charge is 0.494 e. The van der Waals surface area contributed by atoms with Crippen molar-refractivity contribution >= 4 is 40.2 Å². The minimum Gasteiger partial charge on any atom is -0.494 e. The van der Waals surface area contributed by atoms with Crippen LogP contribution < -0.4 is 20.1 Å². The fraction of sp³-hybridized carbons (Fsp3) is 0.312. The average molecular weight is 585 g/mol. The molecule has 11 heteroatoms. The number of nitrogens with one attached hydrogen (secondary N) is 2. The van der Waals surface area contributed by atoms with Crippen molar-refractivity contribution in [2.45, 2.75) is 44.7 Å². The number of rotatable bonds is 10. The topological polar surface area (TPSA) is 131 Å². The van der Waals surface area contributed by atoms with Gasteiger partial charge in [-0.25, -0.2) is 14.8 Å². The maximum absolute atomic E-state index is 12.4. The number of carboxylic acid groups (broad SMARTS) is 1. The molecular formula is C32H36N6O5. The van der Waals surface area contributed by atoms with E-state index in [1.807, 2.05) is 52.2 Å². The van der Waals surface area contributed by atoms with Gasteiger partial charge in [-0.1, -0.05) is 24.8 Å². The molecule has 5 rings (SSSR count). The second-order valence-corrected chi connectivity index (χ2v) is 11.6. The molecule has 3 N–H and O–H groups in total. The number of anilines is 3. The Morgan fingerprint density at radius 1 is 1.16 bits per heavy atom. The van der Waals surface area contributed by atoms with E-state index in [1.165, 1.54) is 12.0 Å². The van der Waals surface area contributed by atoms with Gasteiger partial charge in [0.25, 0.3) is 0 Å². The SMILES string of the molecule is C=CC(=O)Nc1cc(Nc2nccc(-c3cn(C)c4ccccc34)n2)c(OC)cc1OCC1(N(C(=O)O)C(C)(C)C)CC1. The minimum atomic E-state index is -1.00. The molecule has 0 unspecified atom stereocenters. The normalized spacial score (nSPS) is 13.7. The van der Waals surface area contributed by atoms with Gasteiger partial charge in [0, 0.05) is 47.5 Å². The Labute approximate surface area is 250 Å². The van der Waals surface area contributed by atoms with Crippen molar-refractivity contribution in [1.29, 1.82) is 0 Å². The summed E-state index contributed by atoms with van der Waals surface area (Å²) in [5.41, 5.74) is 2.37. The molecule has 1 saturated carbocycles. The molecule has 0 aliphatic heterocycles. The van der Waals surface area contributed by atoms with Gasteiger partial charge in [0.1, 0.15) is 18.1 Å². The number of carbonyl (C=O) groups excluding carboxylic acids is 1. The number of amides is 2. The highest BCUT2D eigenvalue weighted by atomic mass is 16.5. The zero-order valence-corrected chi connectivity index (χ0v) is 25.0. The van der Waals surface area contributed by atoms with Crippen LogP contribution in [0.4, 0.5) is 22.1 Å². The highest BCUT2D eigenvalue weighted by Gasteiger charge is 2.55. The van der Waals surface area contributed by atoms with Gasteiger partial charge >= 0.3 is 6.09 Å². The molecule has 0 saturated heterocycles. The van der Waals surface area contributed by atoms with Crippen molar-refractivity contribution in [2.24, 2.45) is 7.05 Å². The predicted octanol–water partition coefficient (Wildman–Crippen LogP) is 6.20. The number of aryl methyl sites for hydroxylation is 1. The second kappa shape index (κ2) is 11.3. The molecular weight excluding hydrogens is 548 g/mol. The Morgan fingerprint density at radius 3 is 2.56 bits per heavy atom. The summed E-state index contributed by atoms with van der Waals surface area (Å²) >= 11 is 0. The van der Waals surface area contributed by atoms with E-state index in [0.717, 1.165) is 28.2 Å². The molecule has 2 heterocycles. The third-order valence-electron chi connectivity index (χ3n) is 7.48. The van der Waals surface area contributed by atoms with Gasteiger partial charge in [-0.2, -0.15) is 0 Å².